The van der Waals surface area contributed by atoms with E-state index in [2.05, 4.69) is 0 Å². The average molecular weight is 428 g/mol. The van der Waals surface area contributed by atoms with E-state index in [0.717, 1.165) is 0 Å². The van der Waals surface area contributed by atoms with Gasteiger partial charge in [0.15, 0.2) is 11.6 Å². The van der Waals surface area contributed by atoms with Gasteiger partial charge in [0.25, 0.3) is 0 Å². The van der Waals surface area contributed by atoms with Crippen molar-refractivity contribution in [3.8, 4) is 17.2 Å². The van der Waals surface area contributed by atoms with E-state index < -0.39 is 59.1 Å². The number of aliphatic hydroxyl groups is 2. The maximum atomic E-state index is 13.3. The number of carbonyl (C=O) groups is 3. The van der Waals surface area contributed by atoms with Crippen molar-refractivity contribution in [2.75, 3.05) is 20.8 Å². The summed E-state index contributed by atoms with van der Waals surface area (Å²) in [5.41, 5.74) is -3.01. The van der Waals surface area contributed by atoms with E-state index in [1.165, 1.54) is 32.4 Å². The van der Waals surface area contributed by atoms with Crippen LogP contribution < -0.4 is 4.74 Å². The number of Topliss-reactive ketones (excluding diaryl/α,β-unsaturated/α-hetero) is 1. The molecule has 4 N–H and O–H groups in total. The minimum absolute atomic E-state index is 0.00713. The summed E-state index contributed by atoms with van der Waals surface area (Å²) in [5.74, 6) is -3.36. The Bertz CT molecular complexity index is 1150. The van der Waals surface area contributed by atoms with Gasteiger partial charge in [-0.25, -0.2) is 0 Å². The molecule has 0 saturated heterocycles. The number of hydrogen-bond donors (Lipinski definition) is 4. The van der Waals surface area contributed by atoms with E-state index >= 15 is 0 Å². The fourth-order valence-corrected chi connectivity index (χ4v) is 4.48. The third-order valence-corrected chi connectivity index (χ3v) is 6.02. The fraction of sp³-hybridized carbons (Fsp3) is 0.318. The van der Waals surface area contributed by atoms with E-state index in [1.807, 2.05) is 0 Å². The summed E-state index contributed by atoms with van der Waals surface area (Å²) in [5, 5.41) is 42.1. The number of methoxy groups -OCH3 is 2. The monoisotopic (exact) mass is 428 g/mol. The molecule has 162 valence electrons. The Morgan fingerprint density at radius 1 is 1.10 bits per heavy atom. The number of rotatable bonds is 4. The molecule has 9 nitrogen and oxygen atoms in total. The molecule has 9 heteroatoms. The van der Waals surface area contributed by atoms with Crippen molar-refractivity contribution in [3.63, 3.8) is 0 Å². The van der Waals surface area contributed by atoms with Crippen LogP contribution in [0.15, 0.2) is 18.2 Å². The largest absolute Gasteiger partial charge is 0.507 e. The zero-order valence-electron chi connectivity index (χ0n) is 16.8. The highest BCUT2D eigenvalue weighted by Gasteiger charge is 2.48. The first kappa shape index (κ1) is 21.0. The van der Waals surface area contributed by atoms with E-state index in [-0.39, 0.29) is 40.0 Å². The molecule has 0 radical (unpaired) electrons. The molecule has 0 aliphatic heterocycles. The van der Waals surface area contributed by atoms with Crippen LogP contribution in [-0.4, -0.2) is 64.2 Å². The maximum absolute atomic E-state index is 13.3. The second-order valence-electron chi connectivity index (χ2n) is 7.60. The quantitative estimate of drug-likeness (QED) is 0.443. The van der Waals surface area contributed by atoms with Crippen LogP contribution in [0, 0.1) is 0 Å². The molecule has 0 heterocycles. The molecule has 0 spiro atoms. The van der Waals surface area contributed by atoms with Crippen LogP contribution >= 0.6 is 0 Å². The van der Waals surface area contributed by atoms with Crippen LogP contribution in [-0.2, 0) is 16.0 Å². The number of aliphatic hydroxyl groups excluding tert-OH is 1. The van der Waals surface area contributed by atoms with E-state index in [9.17, 15) is 34.8 Å². The molecule has 0 aromatic heterocycles. The lowest BCUT2D eigenvalue weighted by molar-refractivity contribution is -0.145. The van der Waals surface area contributed by atoms with Crippen molar-refractivity contribution in [1.29, 1.82) is 0 Å². The molecule has 2 aliphatic carbocycles. The van der Waals surface area contributed by atoms with Crippen molar-refractivity contribution in [2.45, 2.75) is 24.5 Å². The van der Waals surface area contributed by atoms with Crippen LogP contribution in [0.25, 0.3) is 0 Å². The number of fused-ring (bicyclic) bond motifs is 3. The van der Waals surface area contributed by atoms with Crippen molar-refractivity contribution < 1.29 is 44.3 Å². The summed E-state index contributed by atoms with van der Waals surface area (Å²) in [6, 6.07) is 4.42. The van der Waals surface area contributed by atoms with Gasteiger partial charge < -0.3 is 29.9 Å². The normalized spacial score (nSPS) is 21.9. The summed E-state index contributed by atoms with van der Waals surface area (Å²) in [6.07, 6.45) is -1.87. The molecule has 2 aliphatic rings. The molecule has 0 fully saturated rings. The highest BCUT2D eigenvalue weighted by Crippen LogP contribution is 2.51. The molecule has 2 atom stereocenters. The molecule has 0 bridgehead atoms. The van der Waals surface area contributed by atoms with Crippen LogP contribution in [0.4, 0.5) is 0 Å². The molecular formula is C22H20O9. The van der Waals surface area contributed by atoms with Gasteiger partial charge in [0.05, 0.1) is 29.9 Å². The van der Waals surface area contributed by atoms with Gasteiger partial charge in [-0.15, -0.1) is 0 Å². The number of ketones is 3. The first-order valence-corrected chi connectivity index (χ1v) is 9.46. The summed E-state index contributed by atoms with van der Waals surface area (Å²) >= 11 is 0. The number of phenols is 2. The van der Waals surface area contributed by atoms with E-state index in [0.29, 0.717) is 0 Å². The van der Waals surface area contributed by atoms with Gasteiger partial charge in [-0.2, -0.15) is 0 Å². The zero-order valence-corrected chi connectivity index (χ0v) is 16.8. The Morgan fingerprint density at radius 2 is 1.77 bits per heavy atom. The lowest BCUT2D eigenvalue weighted by Gasteiger charge is -2.38. The Labute approximate surface area is 176 Å². The fourth-order valence-electron chi connectivity index (χ4n) is 4.48. The summed E-state index contributed by atoms with van der Waals surface area (Å²) in [6.45, 7) is -0.940. The van der Waals surface area contributed by atoms with Crippen LogP contribution in [0.2, 0.25) is 0 Å². The molecular weight excluding hydrogens is 408 g/mol. The number of aromatic hydroxyl groups is 2. The molecule has 2 unspecified atom stereocenters. The van der Waals surface area contributed by atoms with Gasteiger partial charge in [-0.1, -0.05) is 12.1 Å². The second-order valence-corrected chi connectivity index (χ2v) is 7.60. The molecule has 0 amide bonds. The number of carbonyl (C=O) groups excluding carboxylic acids is 3. The first-order chi connectivity index (χ1) is 14.7. The first-order valence-electron chi connectivity index (χ1n) is 9.46. The number of benzene rings is 2. The maximum Gasteiger partial charge on any atom is 0.202 e. The summed E-state index contributed by atoms with van der Waals surface area (Å²) in [4.78, 5) is 38.7. The van der Waals surface area contributed by atoms with Gasteiger partial charge in [0.1, 0.15) is 29.5 Å². The Hall–Kier alpha value is -3.27. The van der Waals surface area contributed by atoms with Crippen LogP contribution in [0.5, 0.6) is 17.2 Å². The smallest absolute Gasteiger partial charge is 0.202 e. The van der Waals surface area contributed by atoms with E-state index in [1.54, 1.807) is 0 Å². The van der Waals surface area contributed by atoms with Crippen molar-refractivity contribution in [1.82, 2.24) is 0 Å². The highest BCUT2D eigenvalue weighted by molar-refractivity contribution is 6.31. The minimum Gasteiger partial charge on any atom is -0.507 e. The molecule has 2 aromatic rings. The van der Waals surface area contributed by atoms with Crippen molar-refractivity contribution in [2.24, 2.45) is 0 Å². The zero-order chi connectivity index (χ0) is 22.7. The van der Waals surface area contributed by atoms with Gasteiger partial charge in [-0.3, -0.25) is 14.4 Å². The lowest BCUT2D eigenvalue weighted by Crippen LogP contribution is -2.47. The van der Waals surface area contributed by atoms with Crippen LogP contribution in [0.3, 0.4) is 0 Å². The lowest BCUT2D eigenvalue weighted by atomic mass is 9.72. The number of ether oxygens (including phenoxy) is 2. The molecule has 0 saturated carbocycles. The SMILES string of the molecule is COc1cccc2c1C(=O)c1c(O)c3c(c(O)c1C2=O)CC(O)(C(=O)CO)CC3OC. The molecule has 4 rings (SSSR count). The number of phenolic OH excluding ortho intramolecular Hbond substituents is 2. The third-order valence-electron chi connectivity index (χ3n) is 6.02. The summed E-state index contributed by atoms with van der Waals surface area (Å²) < 4.78 is 10.5. The third kappa shape index (κ3) is 2.78. The molecule has 2 aromatic carbocycles. The van der Waals surface area contributed by atoms with Crippen LogP contribution in [0.1, 0.15) is 55.5 Å². The predicted octanol–water partition coefficient (Wildman–Crippen LogP) is 0.808. The van der Waals surface area contributed by atoms with Crippen molar-refractivity contribution >= 4 is 17.3 Å². The Kier molecular flexibility index (Phi) is 4.84. The van der Waals surface area contributed by atoms with Gasteiger partial charge >= 0.3 is 0 Å². The van der Waals surface area contributed by atoms with Gasteiger partial charge in [0.2, 0.25) is 5.78 Å². The number of hydrogen-bond acceptors (Lipinski definition) is 9. The second kappa shape index (κ2) is 7.16. The highest BCUT2D eigenvalue weighted by atomic mass is 16.5. The Balaban J connectivity index is 2.02. The predicted molar refractivity (Wildman–Crippen MR) is 105 cm³/mol. The molecule has 31 heavy (non-hydrogen) atoms. The Morgan fingerprint density at radius 3 is 2.39 bits per heavy atom. The van der Waals surface area contributed by atoms with E-state index in [4.69, 9.17) is 9.47 Å². The topological polar surface area (TPSA) is 151 Å². The average Bonchev–Trinajstić information content (AvgIpc) is 2.77. The standard InChI is InChI=1S/C22H20O9/c1-30-11-5-3-4-9-14(11)20(27)17-16(18(9)25)19(26)10-6-22(29,13(24)8-23)7-12(31-2)15(10)21(17)28/h3-5,12,23,26,28-29H,6-8H2,1-2H3. The van der Waals surface area contributed by atoms with Crippen molar-refractivity contribution in [3.05, 3.63) is 51.6 Å². The minimum atomic E-state index is -2.08. The van der Waals surface area contributed by atoms with Gasteiger partial charge in [-0.05, 0) is 6.07 Å². The summed E-state index contributed by atoms with van der Waals surface area (Å²) in [7, 11) is 2.61. The van der Waals surface area contributed by atoms with Gasteiger partial charge in [0, 0.05) is 36.6 Å².